The molecule has 0 fully saturated rings. The van der Waals surface area contributed by atoms with E-state index in [9.17, 15) is 8.42 Å². The number of fused-ring (bicyclic) bond motifs is 1. The lowest BCUT2D eigenvalue weighted by Gasteiger charge is -2.25. The SMILES string of the molecule is CN(c1cc2c(cc1Nc1nc(Cl)ncc1Br)OCCO2)S(C)(=O)=O. The Bertz CT molecular complexity index is 925. The van der Waals surface area contributed by atoms with Crippen molar-refractivity contribution in [1.82, 2.24) is 9.97 Å². The van der Waals surface area contributed by atoms with Gasteiger partial charge in [-0.3, -0.25) is 4.31 Å². The number of hydrogen-bond donors (Lipinski definition) is 1. The minimum absolute atomic E-state index is 0.0567. The molecule has 2 aromatic rings. The molecule has 25 heavy (non-hydrogen) atoms. The maximum Gasteiger partial charge on any atom is 0.232 e. The van der Waals surface area contributed by atoms with E-state index in [0.29, 0.717) is 46.4 Å². The highest BCUT2D eigenvalue weighted by Gasteiger charge is 2.22. The summed E-state index contributed by atoms with van der Waals surface area (Å²) in [5.74, 6) is 1.37. The molecular formula is C14H14BrClN4O4S. The van der Waals surface area contributed by atoms with Crippen LogP contribution in [0.25, 0.3) is 0 Å². The fraction of sp³-hybridized carbons (Fsp3) is 0.286. The van der Waals surface area contributed by atoms with Crippen molar-refractivity contribution in [2.24, 2.45) is 0 Å². The normalized spacial score (nSPS) is 13.4. The summed E-state index contributed by atoms with van der Waals surface area (Å²) < 4.78 is 36.8. The molecule has 134 valence electrons. The Kier molecular flexibility index (Phi) is 4.94. The maximum absolute atomic E-state index is 12.0. The average molecular weight is 450 g/mol. The number of nitrogens with one attached hydrogen (secondary N) is 1. The molecule has 0 atom stereocenters. The fourth-order valence-electron chi connectivity index (χ4n) is 2.18. The zero-order valence-electron chi connectivity index (χ0n) is 13.3. The van der Waals surface area contributed by atoms with Gasteiger partial charge in [0.1, 0.15) is 19.0 Å². The second kappa shape index (κ2) is 6.85. The van der Waals surface area contributed by atoms with Crippen LogP contribution in [-0.4, -0.2) is 44.9 Å². The summed E-state index contributed by atoms with van der Waals surface area (Å²) in [6.07, 6.45) is 2.61. The second-order valence-electron chi connectivity index (χ2n) is 5.20. The van der Waals surface area contributed by atoms with Crippen LogP contribution in [0.15, 0.2) is 22.8 Å². The molecule has 1 aromatic carbocycles. The van der Waals surface area contributed by atoms with Crippen molar-refractivity contribution in [2.75, 3.05) is 36.1 Å². The predicted octanol–water partition coefficient (Wildman–Crippen LogP) is 2.80. The van der Waals surface area contributed by atoms with Crippen molar-refractivity contribution in [3.05, 3.63) is 28.1 Å². The monoisotopic (exact) mass is 448 g/mol. The van der Waals surface area contributed by atoms with Crippen LogP contribution >= 0.6 is 27.5 Å². The molecule has 3 rings (SSSR count). The minimum Gasteiger partial charge on any atom is -0.486 e. The molecule has 0 aliphatic carbocycles. The number of sulfonamides is 1. The van der Waals surface area contributed by atoms with E-state index in [0.717, 1.165) is 10.6 Å². The Morgan fingerprint density at radius 1 is 1.28 bits per heavy atom. The van der Waals surface area contributed by atoms with Gasteiger partial charge in [-0.1, -0.05) is 0 Å². The largest absolute Gasteiger partial charge is 0.486 e. The Morgan fingerprint density at radius 3 is 2.56 bits per heavy atom. The van der Waals surface area contributed by atoms with Crippen molar-refractivity contribution in [3.8, 4) is 11.5 Å². The first kappa shape index (κ1) is 18.0. The maximum atomic E-state index is 12.0. The molecule has 0 saturated carbocycles. The second-order valence-corrected chi connectivity index (χ2v) is 8.41. The van der Waals surface area contributed by atoms with Crippen molar-refractivity contribution in [1.29, 1.82) is 0 Å². The lowest BCUT2D eigenvalue weighted by Crippen LogP contribution is -2.26. The quantitative estimate of drug-likeness (QED) is 0.717. The summed E-state index contributed by atoms with van der Waals surface area (Å²) in [7, 11) is -2.04. The standard InChI is InChI=1S/C14H14BrClN4O4S/c1-20(25(2,21)22)10-6-12-11(23-3-4-24-12)5-9(10)18-13-8(15)7-17-14(16)19-13/h5-7H,3-4H2,1-2H3,(H,17,18,19). The van der Waals surface area contributed by atoms with Gasteiger partial charge in [0.25, 0.3) is 0 Å². The topological polar surface area (TPSA) is 93.7 Å². The van der Waals surface area contributed by atoms with Crippen LogP contribution in [0, 0.1) is 0 Å². The van der Waals surface area contributed by atoms with Crippen molar-refractivity contribution in [2.45, 2.75) is 0 Å². The van der Waals surface area contributed by atoms with Crippen LogP contribution in [0.3, 0.4) is 0 Å². The van der Waals surface area contributed by atoms with Gasteiger partial charge in [0.15, 0.2) is 11.5 Å². The van der Waals surface area contributed by atoms with E-state index < -0.39 is 10.0 Å². The molecule has 0 unspecified atom stereocenters. The molecule has 1 N–H and O–H groups in total. The highest BCUT2D eigenvalue weighted by atomic mass is 79.9. The first-order valence-electron chi connectivity index (χ1n) is 7.08. The molecule has 0 spiro atoms. The van der Waals surface area contributed by atoms with Gasteiger partial charge in [0.2, 0.25) is 15.3 Å². The molecule has 0 saturated heterocycles. The molecule has 1 aliphatic rings. The fourth-order valence-corrected chi connectivity index (χ4v) is 3.11. The molecule has 1 aromatic heterocycles. The predicted molar refractivity (Wildman–Crippen MR) is 98.7 cm³/mol. The summed E-state index contributed by atoms with van der Waals surface area (Å²) >= 11 is 9.17. The van der Waals surface area contributed by atoms with E-state index in [4.69, 9.17) is 21.1 Å². The molecule has 8 nitrogen and oxygen atoms in total. The first-order chi connectivity index (χ1) is 11.8. The van der Waals surface area contributed by atoms with Crippen LogP contribution in [0.5, 0.6) is 11.5 Å². The van der Waals surface area contributed by atoms with Gasteiger partial charge in [-0.05, 0) is 27.5 Å². The van der Waals surface area contributed by atoms with Crippen molar-refractivity contribution in [3.63, 3.8) is 0 Å². The summed E-state index contributed by atoms with van der Waals surface area (Å²) in [6, 6.07) is 3.27. The highest BCUT2D eigenvalue weighted by molar-refractivity contribution is 9.10. The lowest BCUT2D eigenvalue weighted by atomic mass is 10.2. The Balaban J connectivity index is 2.11. The van der Waals surface area contributed by atoms with Crippen LogP contribution in [0.2, 0.25) is 5.28 Å². The summed E-state index contributed by atoms with van der Waals surface area (Å²) in [4.78, 5) is 7.96. The number of hydrogen-bond acceptors (Lipinski definition) is 7. The molecule has 0 radical (unpaired) electrons. The Morgan fingerprint density at radius 2 is 1.92 bits per heavy atom. The van der Waals surface area contributed by atoms with Crippen molar-refractivity contribution < 1.29 is 17.9 Å². The number of ether oxygens (including phenoxy) is 2. The zero-order chi connectivity index (χ0) is 18.2. The summed E-state index contributed by atoms with van der Waals surface area (Å²) in [5.41, 5.74) is 0.848. The number of aromatic nitrogens is 2. The van der Waals surface area contributed by atoms with E-state index in [1.807, 2.05) is 0 Å². The third kappa shape index (κ3) is 3.91. The van der Waals surface area contributed by atoms with Crippen LogP contribution < -0.4 is 19.1 Å². The Hall–Kier alpha value is -1.78. The smallest absolute Gasteiger partial charge is 0.232 e. The molecule has 1 aliphatic heterocycles. The van der Waals surface area contributed by atoms with E-state index in [2.05, 4.69) is 31.2 Å². The van der Waals surface area contributed by atoms with Gasteiger partial charge in [-0.25, -0.2) is 13.4 Å². The van der Waals surface area contributed by atoms with Gasteiger partial charge >= 0.3 is 0 Å². The van der Waals surface area contributed by atoms with Gasteiger partial charge in [-0.15, -0.1) is 0 Å². The van der Waals surface area contributed by atoms with Gasteiger partial charge in [0.05, 0.1) is 22.1 Å². The third-order valence-corrected chi connectivity index (χ3v) is 5.42. The first-order valence-corrected chi connectivity index (χ1v) is 10.1. The van der Waals surface area contributed by atoms with E-state index in [-0.39, 0.29) is 5.28 Å². The molecule has 2 heterocycles. The highest BCUT2D eigenvalue weighted by Crippen LogP contribution is 2.41. The minimum atomic E-state index is -3.49. The van der Waals surface area contributed by atoms with E-state index >= 15 is 0 Å². The van der Waals surface area contributed by atoms with Crippen molar-refractivity contribution >= 4 is 54.7 Å². The number of halogens is 2. The number of benzene rings is 1. The molecular weight excluding hydrogens is 436 g/mol. The summed E-state index contributed by atoms with van der Waals surface area (Å²) in [6.45, 7) is 0.811. The molecule has 0 bridgehead atoms. The van der Waals surface area contributed by atoms with Gasteiger partial charge < -0.3 is 14.8 Å². The van der Waals surface area contributed by atoms with Gasteiger partial charge in [0, 0.05) is 25.4 Å². The average Bonchev–Trinajstić information content (AvgIpc) is 2.56. The van der Waals surface area contributed by atoms with Crippen LogP contribution in [0.1, 0.15) is 0 Å². The Labute approximate surface area is 158 Å². The summed E-state index contributed by atoms with van der Waals surface area (Å²) in [5, 5.41) is 3.12. The van der Waals surface area contributed by atoms with E-state index in [1.165, 1.54) is 13.2 Å². The zero-order valence-corrected chi connectivity index (χ0v) is 16.4. The lowest BCUT2D eigenvalue weighted by molar-refractivity contribution is 0.172. The van der Waals surface area contributed by atoms with E-state index in [1.54, 1.807) is 12.1 Å². The number of anilines is 3. The van der Waals surface area contributed by atoms with Gasteiger partial charge in [-0.2, -0.15) is 4.98 Å². The third-order valence-electron chi connectivity index (χ3n) is 3.47. The molecule has 11 heteroatoms. The number of rotatable bonds is 4. The van der Waals surface area contributed by atoms with Crippen LogP contribution in [-0.2, 0) is 10.0 Å². The molecule has 0 amide bonds. The number of nitrogens with zero attached hydrogens (tertiary/aromatic N) is 3. The van der Waals surface area contributed by atoms with Crippen LogP contribution in [0.4, 0.5) is 17.2 Å².